The molecule has 0 saturated carbocycles. The third-order valence-electron chi connectivity index (χ3n) is 3.04. The molecule has 0 aromatic carbocycles. The molecule has 0 spiro atoms. The predicted molar refractivity (Wildman–Crippen MR) is 90.6 cm³/mol. The Kier molecular flexibility index (Phi) is 6.34. The van der Waals surface area contributed by atoms with Crippen molar-refractivity contribution in [3.05, 3.63) is 17.2 Å². The molecule has 0 aliphatic rings. The summed E-state index contributed by atoms with van der Waals surface area (Å²) in [5.41, 5.74) is 0. The maximum Gasteiger partial charge on any atom is 0.317 e. The summed E-state index contributed by atoms with van der Waals surface area (Å²) in [4.78, 5) is 13.7. The number of thioether (sulfide) groups is 1. The Bertz CT molecular complexity index is 640. The molecule has 1 N–H and O–H groups in total. The molecule has 8 nitrogen and oxygen atoms in total. The normalized spacial score (nSPS) is 11.0. The van der Waals surface area contributed by atoms with Crippen molar-refractivity contribution >= 4 is 29.1 Å². The molecule has 2 rings (SSSR count). The Hall–Kier alpha value is -1.68. The molecule has 0 radical (unpaired) electrons. The van der Waals surface area contributed by atoms with Crippen molar-refractivity contribution in [3.8, 4) is 0 Å². The topological polar surface area (TPSA) is 88.8 Å². The van der Waals surface area contributed by atoms with E-state index in [2.05, 4.69) is 39.6 Å². The van der Waals surface area contributed by atoms with Crippen LogP contribution in [0.4, 0.5) is 4.79 Å². The summed E-state index contributed by atoms with van der Waals surface area (Å²) in [7, 11) is 1.75. The highest BCUT2D eigenvalue weighted by Crippen LogP contribution is 2.20. The third-order valence-corrected chi connectivity index (χ3v) is 5.01. The minimum atomic E-state index is -0.127. The summed E-state index contributed by atoms with van der Waals surface area (Å²) < 4.78 is 2.88. The average Bonchev–Trinajstić information content (AvgIpc) is 3.12. The lowest BCUT2D eigenvalue weighted by atomic mass is 10.4. The highest BCUT2D eigenvalue weighted by molar-refractivity contribution is 8.01. The van der Waals surface area contributed by atoms with Gasteiger partial charge >= 0.3 is 6.03 Å². The van der Waals surface area contributed by atoms with Crippen LogP contribution in [0.15, 0.2) is 10.7 Å². The van der Waals surface area contributed by atoms with E-state index in [4.69, 9.17) is 0 Å². The summed E-state index contributed by atoms with van der Waals surface area (Å²) >= 11 is 3.15. The first kappa shape index (κ1) is 17.7. The molecule has 0 saturated heterocycles. The van der Waals surface area contributed by atoms with Crippen molar-refractivity contribution in [2.75, 3.05) is 19.3 Å². The number of aryl methyl sites for hydroxylation is 1. The number of rotatable bonds is 7. The highest BCUT2D eigenvalue weighted by Gasteiger charge is 2.14. The molecule has 2 heterocycles. The van der Waals surface area contributed by atoms with Crippen LogP contribution >= 0.6 is 23.1 Å². The first-order valence-electron chi connectivity index (χ1n) is 7.27. The second-order valence-corrected chi connectivity index (χ2v) is 7.80. The molecule has 126 valence electrons. The maximum absolute atomic E-state index is 12.1. The summed E-state index contributed by atoms with van der Waals surface area (Å²) in [5, 5.41) is 19.8. The van der Waals surface area contributed by atoms with E-state index in [0.29, 0.717) is 13.1 Å². The van der Waals surface area contributed by atoms with Gasteiger partial charge in [-0.25, -0.2) is 4.79 Å². The van der Waals surface area contributed by atoms with Crippen LogP contribution < -0.4 is 5.32 Å². The molecular formula is C13H21N7OS2. The van der Waals surface area contributed by atoms with E-state index in [0.717, 1.165) is 20.9 Å². The van der Waals surface area contributed by atoms with Gasteiger partial charge in [0.15, 0.2) is 10.2 Å². The van der Waals surface area contributed by atoms with Crippen molar-refractivity contribution in [2.45, 2.75) is 37.7 Å². The lowest BCUT2D eigenvalue weighted by molar-refractivity contribution is 0.205. The number of urea groups is 1. The van der Waals surface area contributed by atoms with E-state index in [1.54, 1.807) is 41.4 Å². The van der Waals surface area contributed by atoms with E-state index in [1.165, 1.54) is 0 Å². The molecule has 0 aliphatic heterocycles. The van der Waals surface area contributed by atoms with Gasteiger partial charge in [0.1, 0.15) is 11.3 Å². The van der Waals surface area contributed by atoms with Crippen LogP contribution in [0.5, 0.6) is 0 Å². The monoisotopic (exact) mass is 355 g/mol. The quantitative estimate of drug-likeness (QED) is 0.603. The van der Waals surface area contributed by atoms with E-state index in [-0.39, 0.29) is 12.1 Å². The Balaban J connectivity index is 1.73. The Morgan fingerprint density at radius 2 is 2.22 bits per heavy atom. The van der Waals surface area contributed by atoms with Gasteiger partial charge in [0.25, 0.3) is 0 Å². The van der Waals surface area contributed by atoms with Gasteiger partial charge in [-0.2, -0.15) is 0 Å². The Morgan fingerprint density at radius 1 is 1.43 bits per heavy atom. The third kappa shape index (κ3) is 5.17. The van der Waals surface area contributed by atoms with Crippen LogP contribution in [0.3, 0.4) is 0 Å². The Labute approximate surface area is 143 Å². The SMILES string of the molecule is Cc1nnc(SCCNC(=O)N(C)Cc2nncn2C(C)C)s1. The van der Waals surface area contributed by atoms with Crippen LogP contribution in [-0.4, -0.2) is 55.2 Å². The van der Waals surface area contributed by atoms with Gasteiger partial charge in [-0.1, -0.05) is 23.1 Å². The lowest BCUT2D eigenvalue weighted by Crippen LogP contribution is -2.38. The van der Waals surface area contributed by atoms with Gasteiger partial charge in [0.05, 0.1) is 6.54 Å². The number of carbonyl (C=O) groups excluding carboxylic acids is 1. The number of hydrogen-bond donors (Lipinski definition) is 1. The smallest absolute Gasteiger partial charge is 0.317 e. The second kappa shape index (κ2) is 8.25. The van der Waals surface area contributed by atoms with Crippen molar-refractivity contribution in [1.82, 2.24) is 35.2 Å². The van der Waals surface area contributed by atoms with Crippen LogP contribution in [0.2, 0.25) is 0 Å². The highest BCUT2D eigenvalue weighted by atomic mass is 32.2. The number of aromatic nitrogens is 5. The van der Waals surface area contributed by atoms with Gasteiger partial charge in [0.2, 0.25) is 0 Å². The van der Waals surface area contributed by atoms with E-state index < -0.39 is 0 Å². The second-order valence-electron chi connectivity index (χ2n) is 5.27. The average molecular weight is 355 g/mol. The maximum atomic E-state index is 12.1. The fourth-order valence-corrected chi connectivity index (χ4v) is 3.60. The van der Waals surface area contributed by atoms with E-state index in [1.807, 2.05) is 11.5 Å². The van der Waals surface area contributed by atoms with E-state index >= 15 is 0 Å². The zero-order valence-electron chi connectivity index (χ0n) is 13.7. The predicted octanol–water partition coefficient (Wildman–Crippen LogP) is 1.95. The zero-order valence-corrected chi connectivity index (χ0v) is 15.3. The first-order chi connectivity index (χ1) is 11.0. The molecule has 23 heavy (non-hydrogen) atoms. The molecule has 0 unspecified atom stereocenters. The van der Waals surface area contributed by atoms with Gasteiger partial charge in [-0.3, -0.25) is 0 Å². The number of nitrogens with zero attached hydrogens (tertiary/aromatic N) is 6. The van der Waals surface area contributed by atoms with Crippen molar-refractivity contribution in [3.63, 3.8) is 0 Å². The summed E-state index contributed by atoms with van der Waals surface area (Å²) in [5.74, 6) is 1.53. The molecule has 2 amide bonds. The number of nitrogens with one attached hydrogen (secondary N) is 1. The molecule has 0 bridgehead atoms. The largest absolute Gasteiger partial charge is 0.337 e. The Morgan fingerprint density at radius 3 is 2.87 bits per heavy atom. The van der Waals surface area contributed by atoms with Crippen LogP contribution in [0, 0.1) is 6.92 Å². The van der Waals surface area contributed by atoms with Gasteiger partial charge < -0.3 is 14.8 Å². The van der Waals surface area contributed by atoms with Crippen LogP contribution in [-0.2, 0) is 6.54 Å². The van der Waals surface area contributed by atoms with Crippen molar-refractivity contribution in [2.24, 2.45) is 0 Å². The van der Waals surface area contributed by atoms with Crippen molar-refractivity contribution < 1.29 is 4.79 Å². The standard InChI is InChI=1S/C13H21N7OS2/c1-9(2)20-8-15-17-11(20)7-19(4)12(21)14-5-6-22-13-18-16-10(3)23-13/h8-9H,5-7H2,1-4H3,(H,14,21). The van der Waals surface area contributed by atoms with E-state index in [9.17, 15) is 4.79 Å². The minimum Gasteiger partial charge on any atom is -0.337 e. The van der Waals surface area contributed by atoms with Crippen molar-refractivity contribution in [1.29, 1.82) is 0 Å². The molecule has 10 heteroatoms. The van der Waals surface area contributed by atoms with Crippen LogP contribution in [0.1, 0.15) is 30.7 Å². The molecule has 2 aromatic heterocycles. The minimum absolute atomic E-state index is 0.127. The molecule has 2 aromatic rings. The molecular weight excluding hydrogens is 334 g/mol. The lowest BCUT2D eigenvalue weighted by Gasteiger charge is -2.18. The molecule has 0 aliphatic carbocycles. The fourth-order valence-electron chi connectivity index (χ4n) is 1.86. The fraction of sp³-hybridized carbons (Fsp3) is 0.615. The number of hydrogen-bond acceptors (Lipinski definition) is 7. The van der Waals surface area contributed by atoms with Gasteiger partial charge in [-0.05, 0) is 20.8 Å². The van der Waals surface area contributed by atoms with Gasteiger partial charge in [-0.15, -0.1) is 20.4 Å². The van der Waals surface area contributed by atoms with Gasteiger partial charge in [0, 0.05) is 25.4 Å². The summed E-state index contributed by atoms with van der Waals surface area (Å²) in [6.45, 7) is 7.03. The number of carbonyl (C=O) groups is 1. The van der Waals surface area contributed by atoms with Crippen LogP contribution in [0.25, 0.3) is 0 Å². The zero-order chi connectivity index (χ0) is 16.8. The molecule has 0 atom stereocenters. The first-order valence-corrected chi connectivity index (χ1v) is 9.08. The molecule has 0 fully saturated rings. The number of amides is 2. The summed E-state index contributed by atoms with van der Waals surface area (Å²) in [6.07, 6.45) is 1.69. The summed E-state index contributed by atoms with van der Waals surface area (Å²) in [6, 6.07) is 0.139.